The summed E-state index contributed by atoms with van der Waals surface area (Å²) in [5, 5.41) is 0. The van der Waals surface area contributed by atoms with Gasteiger partial charge >= 0.3 is 0 Å². The van der Waals surface area contributed by atoms with Crippen LogP contribution in [-0.4, -0.2) is 25.1 Å². The highest BCUT2D eigenvalue weighted by Gasteiger charge is 2.20. The molecular weight excluding hydrogens is 264 g/mol. The molecule has 3 rings (SSSR count). The van der Waals surface area contributed by atoms with Gasteiger partial charge in [-0.2, -0.15) is 0 Å². The number of rotatable bonds is 5. The van der Waals surface area contributed by atoms with Crippen molar-refractivity contribution in [3.05, 3.63) is 53.0 Å². The zero-order valence-electron chi connectivity index (χ0n) is 12.6. The highest BCUT2D eigenvalue weighted by atomic mass is 16.5. The summed E-state index contributed by atoms with van der Waals surface area (Å²) in [6, 6.07) is 10.6. The summed E-state index contributed by atoms with van der Waals surface area (Å²) in [7, 11) is 2.08. The third-order valence-electron chi connectivity index (χ3n) is 4.05. The van der Waals surface area contributed by atoms with Gasteiger partial charge in [0.25, 0.3) is 0 Å². The Balaban J connectivity index is 1.77. The van der Waals surface area contributed by atoms with Crippen LogP contribution in [0.15, 0.2) is 34.7 Å². The molecule has 1 aromatic carbocycles. The van der Waals surface area contributed by atoms with E-state index >= 15 is 0 Å². The van der Waals surface area contributed by atoms with Crippen LogP contribution in [0.3, 0.4) is 0 Å². The molecule has 0 bridgehead atoms. The van der Waals surface area contributed by atoms with Crippen LogP contribution in [0, 0.1) is 6.92 Å². The first kappa shape index (κ1) is 14.2. The molecule has 2 N–H and O–H groups in total. The maximum absolute atomic E-state index is 6.01. The lowest BCUT2D eigenvalue weighted by Crippen LogP contribution is -2.30. The minimum atomic E-state index is 0.182. The minimum Gasteiger partial charge on any atom is -0.493 e. The van der Waals surface area contributed by atoms with Gasteiger partial charge in [0.1, 0.15) is 17.3 Å². The molecule has 4 nitrogen and oxygen atoms in total. The van der Waals surface area contributed by atoms with Gasteiger partial charge in [0.2, 0.25) is 0 Å². The number of ether oxygens (including phenoxy) is 1. The minimum absolute atomic E-state index is 0.182. The number of aryl methyl sites for hydroxylation is 1. The Hall–Kier alpha value is -1.78. The van der Waals surface area contributed by atoms with Crippen molar-refractivity contribution in [3.63, 3.8) is 0 Å². The van der Waals surface area contributed by atoms with Gasteiger partial charge in [-0.3, -0.25) is 4.90 Å². The molecule has 2 heterocycles. The predicted octanol–water partition coefficient (Wildman–Crippen LogP) is 2.65. The molecule has 21 heavy (non-hydrogen) atoms. The Morgan fingerprint density at radius 1 is 1.29 bits per heavy atom. The Morgan fingerprint density at radius 3 is 2.86 bits per heavy atom. The second-order valence-corrected chi connectivity index (χ2v) is 5.64. The third-order valence-corrected chi connectivity index (χ3v) is 4.05. The van der Waals surface area contributed by atoms with Crippen LogP contribution < -0.4 is 10.5 Å². The summed E-state index contributed by atoms with van der Waals surface area (Å²) >= 11 is 0. The van der Waals surface area contributed by atoms with E-state index in [1.54, 1.807) is 0 Å². The van der Waals surface area contributed by atoms with Crippen molar-refractivity contribution in [2.45, 2.75) is 25.9 Å². The van der Waals surface area contributed by atoms with E-state index in [9.17, 15) is 0 Å². The number of benzene rings is 1. The Kier molecular flexibility index (Phi) is 3.99. The molecule has 1 unspecified atom stereocenters. The quantitative estimate of drug-likeness (QED) is 0.918. The fraction of sp³-hybridized carbons (Fsp3) is 0.412. The lowest BCUT2D eigenvalue weighted by Gasteiger charge is -2.27. The summed E-state index contributed by atoms with van der Waals surface area (Å²) in [6.07, 6.45) is 0.988. The van der Waals surface area contributed by atoms with Gasteiger partial charge < -0.3 is 14.9 Å². The smallest absolute Gasteiger partial charge is 0.122 e. The molecule has 0 saturated heterocycles. The Labute approximate surface area is 125 Å². The molecule has 0 fully saturated rings. The SMILES string of the molecule is Cc1ccc(CN(C)C(CN)c2ccc3c(c2)CCO3)o1. The third kappa shape index (κ3) is 2.96. The van der Waals surface area contributed by atoms with Gasteiger partial charge in [0.15, 0.2) is 0 Å². The maximum Gasteiger partial charge on any atom is 0.122 e. The molecule has 2 aromatic rings. The topological polar surface area (TPSA) is 51.6 Å². The van der Waals surface area contributed by atoms with Crippen LogP contribution in [0.25, 0.3) is 0 Å². The van der Waals surface area contributed by atoms with Crippen molar-refractivity contribution in [3.8, 4) is 5.75 Å². The number of furan rings is 1. The number of likely N-dealkylation sites (N-methyl/N-ethyl adjacent to an activating group) is 1. The van der Waals surface area contributed by atoms with Gasteiger partial charge in [-0.25, -0.2) is 0 Å². The number of hydrogen-bond acceptors (Lipinski definition) is 4. The van der Waals surface area contributed by atoms with Crippen molar-refractivity contribution in [2.75, 3.05) is 20.2 Å². The van der Waals surface area contributed by atoms with E-state index in [-0.39, 0.29) is 6.04 Å². The van der Waals surface area contributed by atoms with E-state index in [0.717, 1.165) is 36.8 Å². The van der Waals surface area contributed by atoms with Crippen LogP contribution in [0.2, 0.25) is 0 Å². The fourth-order valence-electron chi connectivity index (χ4n) is 2.91. The van der Waals surface area contributed by atoms with Crippen LogP contribution >= 0.6 is 0 Å². The van der Waals surface area contributed by atoms with E-state index in [1.165, 1.54) is 11.1 Å². The zero-order chi connectivity index (χ0) is 14.8. The normalized spacial score (nSPS) is 15.0. The summed E-state index contributed by atoms with van der Waals surface area (Å²) in [5.74, 6) is 2.93. The molecule has 0 spiro atoms. The first-order chi connectivity index (χ1) is 10.2. The standard InChI is InChI=1S/C17H22N2O2/c1-12-3-5-15(21-12)11-19(2)16(10-18)13-4-6-17-14(9-13)7-8-20-17/h3-6,9,16H,7-8,10-11,18H2,1-2H3. The van der Waals surface area contributed by atoms with Crippen molar-refractivity contribution >= 4 is 0 Å². The van der Waals surface area contributed by atoms with E-state index < -0.39 is 0 Å². The van der Waals surface area contributed by atoms with Crippen LogP contribution in [0.1, 0.15) is 28.7 Å². The molecular formula is C17H22N2O2. The largest absolute Gasteiger partial charge is 0.493 e. The molecule has 4 heteroatoms. The molecule has 1 aliphatic rings. The number of hydrogen-bond donors (Lipinski definition) is 1. The van der Waals surface area contributed by atoms with Crippen LogP contribution in [-0.2, 0) is 13.0 Å². The molecule has 1 atom stereocenters. The average Bonchev–Trinajstić information content (AvgIpc) is 3.08. The van der Waals surface area contributed by atoms with Crippen LogP contribution in [0.4, 0.5) is 0 Å². The van der Waals surface area contributed by atoms with Crippen LogP contribution in [0.5, 0.6) is 5.75 Å². The first-order valence-electron chi connectivity index (χ1n) is 7.38. The van der Waals surface area contributed by atoms with E-state index in [4.69, 9.17) is 14.9 Å². The Morgan fingerprint density at radius 2 is 2.14 bits per heavy atom. The first-order valence-corrected chi connectivity index (χ1v) is 7.38. The summed E-state index contributed by atoms with van der Waals surface area (Å²) in [4.78, 5) is 2.23. The second kappa shape index (κ2) is 5.92. The van der Waals surface area contributed by atoms with Crippen molar-refractivity contribution < 1.29 is 9.15 Å². The lowest BCUT2D eigenvalue weighted by atomic mass is 10.0. The monoisotopic (exact) mass is 286 g/mol. The summed E-state index contributed by atoms with van der Waals surface area (Å²) < 4.78 is 11.2. The molecule has 112 valence electrons. The molecule has 0 amide bonds. The summed E-state index contributed by atoms with van der Waals surface area (Å²) in [6.45, 7) is 4.08. The summed E-state index contributed by atoms with van der Waals surface area (Å²) in [5.41, 5.74) is 8.53. The maximum atomic E-state index is 6.01. The van der Waals surface area contributed by atoms with Gasteiger partial charge in [0, 0.05) is 19.0 Å². The Bertz CT molecular complexity index is 621. The fourth-order valence-corrected chi connectivity index (χ4v) is 2.91. The van der Waals surface area contributed by atoms with E-state index in [0.29, 0.717) is 6.54 Å². The van der Waals surface area contributed by atoms with Gasteiger partial charge in [-0.1, -0.05) is 12.1 Å². The van der Waals surface area contributed by atoms with Crippen molar-refractivity contribution in [2.24, 2.45) is 5.73 Å². The predicted molar refractivity (Wildman–Crippen MR) is 82.3 cm³/mol. The number of nitrogens with two attached hydrogens (primary N) is 1. The highest BCUT2D eigenvalue weighted by Crippen LogP contribution is 2.30. The molecule has 0 aliphatic carbocycles. The number of fused-ring (bicyclic) bond motifs is 1. The van der Waals surface area contributed by atoms with Gasteiger partial charge in [-0.15, -0.1) is 0 Å². The molecule has 1 aromatic heterocycles. The van der Waals surface area contributed by atoms with Gasteiger partial charge in [-0.05, 0) is 43.3 Å². The van der Waals surface area contributed by atoms with E-state index in [2.05, 4.69) is 30.1 Å². The lowest BCUT2D eigenvalue weighted by molar-refractivity contribution is 0.221. The van der Waals surface area contributed by atoms with Gasteiger partial charge in [0.05, 0.1) is 13.2 Å². The van der Waals surface area contributed by atoms with Crippen molar-refractivity contribution in [1.29, 1.82) is 0 Å². The van der Waals surface area contributed by atoms with E-state index in [1.807, 2.05) is 19.1 Å². The molecule has 0 saturated carbocycles. The second-order valence-electron chi connectivity index (χ2n) is 5.64. The molecule has 1 aliphatic heterocycles. The number of nitrogens with zero attached hydrogens (tertiary/aromatic N) is 1. The van der Waals surface area contributed by atoms with Crippen molar-refractivity contribution in [1.82, 2.24) is 4.90 Å². The highest BCUT2D eigenvalue weighted by molar-refractivity contribution is 5.40. The molecule has 0 radical (unpaired) electrons. The average molecular weight is 286 g/mol. The zero-order valence-corrected chi connectivity index (χ0v) is 12.6.